The van der Waals surface area contributed by atoms with E-state index in [-0.39, 0.29) is 18.1 Å². The Morgan fingerprint density at radius 3 is 2.83 bits per heavy atom. The molecule has 2 aliphatic heterocycles. The number of amides is 1. The molecule has 4 heteroatoms. The van der Waals surface area contributed by atoms with E-state index in [2.05, 4.69) is 12.2 Å². The van der Waals surface area contributed by atoms with Crippen LogP contribution in [0.4, 0.5) is 0 Å². The lowest BCUT2D eigenvalue weighted by Gasteiger charge is -2.34. The minimum absolute atomic E-state index is 0.00680. The van der Waals surface area contributed by atoms with Crippen molar-refractivity contribution in [1.82, 2.24) is 10.2 Å². The molecule has 1 N–H and O–H groups in total. The van der Waals surface area contributed by atoms with Gasteiger partial charge in [0.15, 0.2) is 0 Å². The zero-order valence-electron chi connectivity index (χ0n) is 11.7. The van der Waals surface area contributed by atoms with Gasteiger partial charge in [-0.25, -0.2) is 0 Å². The number of carbonyl (C=O) groups is 1. The number of nitrogens with one attached hydrogen (secondary N) is 1. The Labute approximate surface area is 110 Å². The van der Waals surface area contributed by atoms with Crippen molar-refractivity contribution >= 4 is 5.91 Å². The number of piperidine rings is 1. The summed E-state index contributed by atoms with van der Waals surface area (Å²) in [6.07, 6.45) is 6.05. The van der Waals surface area contributed by atoms with Crippen LogP contribution in [-0.2, 0) is 9.53 Å². The quantitative estimate of drug-likeness (QED) is 0.828. The first kappa shape index (κ1) is 13.8. The Hall–Kier alpha value is -0.610. The van der Waals surface area contributed by atoms with Crippen LogP contribution in [0.3, 0.4) is 0 Å². The fourth-order valence-corrected chi connectivity index (χ4v) is 2.96. The SMILES string of the molecule is CC1CCCNC1C(=O)N(C)CC1CCCCO1. The fraction of sp³-hybridized carbons (Fsp3) is 0.929. The van der Waals surface area contributed by atoms with Gasteiger partial charge in [-0.05, 0) is 44.6 Å². The third-order valence-corrected chi connectivity index (χ3v) is 4.16. The molecular formula is C14H26N2O2. The van der Waals surface area contributed by atoms with Gasteiger partial charge in [0.1, 0.15) is 0 Å². The van der Waals surface area contributed by atoms with Crippen LogP contribution >= 0.6 is 0 Å². The first-order valence-corrected chi connectivity index (χ1v) is 7.28. The van der Waals surface area contributed by atoms with Crippen LogP contribution in [0.5, 0.6) is 0 Å². The summed E-state index contributed by atoms with van der Waals surface area (Å²) in [7, 11) is 1.91. The minimum atomic E-state index is 0.00680. The van der Waals surface area contributed by atoms with Gasteiger partial charge in [-0.3, -0.25) is 4.79 Å². The molecule has 0 radical (unpaired) electrons. The highest BCUT2D eigenvalue weighted by molar-refractivity contribution is 5.82. The summed E-state index contributed by atoms with van der Waals surface area (Å²) in [5.74, 6) is 0.678. The molecule has 4 nitrogen and oxygen atoms in total. The Bertz CT molecular complexity index is 277. The van der Waals surface area contributed by atoms with Crippen molar-refractivity contribution in [2.24, 2.45) is 5.92 Å². The van der Waals surface area contributed by atoms with Gasteiger partial charge in [0.05, 0.1) is 12.1 Å². The van der Waals surface area contributed by atoms with E-state index in [1.807, 2.05) is 11.9 Å². The highest BCUT2D eigenvalue weighted by Crippen LogP contribution is 2.18. The third-order valence-electron chi connectivity index (χ3n) is 4.16. The van der Waals surface area contributed by atoms with Gasteiger partial charge < -0.3 is 15.0 Å². The molecule has 2 rings (SSSR count). The summed E-state index contributed by atoms with van der Waals surface area (Å²) < 4.78 is 5.70. The molecule has 3 atom stereocenters. The fourth-order valence-electron chi connectivity index (χ4n) is 2.96. The number of nitrogens with zero attached hydrogens (tertiary/aromatic N) is 1. The minimum Gasteiger partial charge on any atom is -0.376 e. The second kappa shape index (κ2) is 6.53. The van der Waals surface area contributed by atoms with Crippen molar-refractivity contribution in [2.75, 3.05) is 26.7 Å². The number of likely N-dealkylation sites (N-methyl/N-ethyl adjacent to an activating group) is 1. The molecule has 0 aromatic carbocycles. The van der Waals surface area contributed by atoms with Gasteiger partial charge >= 0.3 is 0 Å². The van der Waals surface area contributed by atoms with E-state index < -0.39 is 0 Å². The lowest BCUT2D eigenvalue weighted by atomic mass is 9.92. The largest absolute Gasteiger partial charge is 0.376 e. The van der Waals surface area contributed by atoms with Crippen LogP contribution in [0.25, 0.3) is 0 Å². The van der Waals surface area contributed by atoms with Gasteiger partial charge in [0.25, 0.3) is 0 Å². The Morgan fingerprint density at radius 2 is 2.17 bits per heavy atom. The van der Waals surface area contributed by atoms with Crippen LogP contribution in [0, 0.1) is 5.92 Å². The number of ether oxygens (including phenoxy) is 1. The van der Waals surface area contributed by atoms with Gasteiger partial charge in [-0.2, -0.15) is 0 Å². The maximum Gasteiger partial charge on any atom is 0.239 e. The Kier molecular flexibility index (Phi) is 5.01. The van der Waals surface area contributed by atoms with Crippen molar-refractivity contribution in [2.45, 2.75) is 51.2 Å². The predicted molar refractivity (Wildman–Crippen MR) is 71.4 cm³/mol. The third kappa shape index (κ3) is 3.45. The summed E-state index contributed by atoms with van der Waals surface area (Å²) in [6, 6.07) is 0.00680. The van der Waals surface area contributed by atoms with Crippen molar-refractivity contribution in [3.8, 4) is 0 Å². The van der Waals surface area contributed by atoms with Gasteiger partial charge in [-0.1, -0.05) is 6.92 Å². The Morgan fingerprint density at radius 1 is 1.33 bits per heavy atom. The molecule has 0 aliphatic carbocycles. The first-order valence-electron chi connectivity index (χ1n) is 7.28. The monoisotopic (exact) mass is 254 g/mol. The van der Waals surface area contributed by atoms with Gasteiger partial charge in [0.2, 0.25) is 5.91 Å². The summed E-state index contributed by atoms with van der Waals surface area (Å²) in [4.78, 5) is 14.2. The smallest absolute Gasteiger partial charge is 0.239 e. The van der Waals surface area contributed by atoms with Crippen LogP contribution in [0.2, 0.25) is 0 Å². The molecule has 0 aromatic heterocycles. The van der Waals surface area contributed by atoms with Crippen molar-refractivity contribution in [3.63, 3.8) is 0 Å². The second-order valence-corrected chi connectivity index (χ2v) is 5.76. The van der Waals surface area contributed by atoms with E-state index in [1.165, 1.54) is 12.8 Å². The number of hydrogen-bond donors (Lipinski definition) is 1. The summed E-state index contributed by atoms with van der Waals surface area (Å²) in [5, 5.41) is 3.35. The summed E-state index contributed by atoms with van der Waals surface area (Å²) >= 11 is 0. The normalized spacial score (nSPS) is 33.1. The highest BCUT2D eigenvalue weighted by atomic mass is 16.5. The van der Waals surface area contributed by atoms with E-state index in [0.717, 1.165) is 39.0 Å². The molecule has 3 unspecified atom stereocenters. The average molecular weight is 254 g/mol. The van der Waals surface area contributed by atoms with Crippen LogP contribution in [0.1, 0.15) is 39.0 Å². The zero-order valence-corrected chi connectivity index (χ0v) is 11.7. The molecule has 0 aromatic rings. The lowest BCUT2D eigenvalue weighted by molar-refractivity contribution is -0.136. The molecule has 2 fully saturated rings. The van der Waals surface area contributed by atoms with E-state index in [1.54, 1.807) is 0 Å². The molecule has 1 amide bonds. The zero-order chi connectivity index (χ0) is 13.0. The standard InChI is InChI=1S/C14H26N2O2/c1-11-6-5-8-15-13(11)14(17)16(2)10-12-7-3-4-9-18-12/h11-13,15H,3-10H2,1-2H3. The van der Waals surface area contributed by atoms with E-state index in [0.29, 0.717) is 5.92 Å². The predicted octanol–water partition coefficient (Wildman–Crippen LogP) is 1.40. The topological polar surface area (TPSA) is 41.6 Å². The maximum atomic E-state index is 12.4. The molecule has 2 saturated heterocycles. The van der Waals surface area contributed by atoms with Crippen molar-refractivity contribution in [1.29, 1.82) is 0 Å². The maximum absolute atomic E-state index is 12.4. The second-order valence-electron chi connectivity index (χ2n) is 5.76. The van der Waals surface area contributed by atoms with Gasteiger partial charge in [-0.15, -0.1) is 0 Å². The molecule has 0 spiro atoms. The highest BCUT2D eigenvalue weighted by Gasteiger charge is 2.30. The van der Waals surface area contributed by atoms with Gasteiger partial charge in [0, 0.05) is 20.2 Å². The van der Waals surface area contributed by atoms with Crippen molar-refractivity contribution < 1.29 is 9.53 Å². The van der Waals surface area contributed by atoms with Crippen LogP contribution in [-0.4, -0.2) is 49.7 Å². The lowest BCUT2D eigenvalue weighted by Crippen LogP contribution is -2.52. The van der Waals surface area contributed by atoms with Crippen LogP contribution < -0.4 is 5.32 Å². The van der Waals surface area contributed by atoms with E-state index >= 15 is 0 Å². The molecule has 104 valence electrons. The van der Waals surface area contributed by atoms with Crippen molar-refractivity contribution in [3.05, 3.63) is 0 Å². The first-order chi connectivity index (χ1) is 8.68. The summed E-state index contributed by atoms with van der Waals surface area (Å²) in [6.45, 7) is 4.72. The average Bonchev–Trinajstić information content (AvgIpc) is 2.39. The Balaban J connectivity index is 1.83. The molecule has 2 heterocycles. The molecule has 0 saturated carbocycles. The molecule has 2 aliphatic rings. The summed E-state index contributed by atoms with van der Waals surface area (Å²) in [5.41, 5.74) is 0. The number of hydrogen-bond acceptors (Lipinski definition) is 3. The van der Waals surface area contributed by atoms with Crippen LogP contribution in [0.15, 0.2) is 0 Å². The van der Waals surface area contributed by atoms with E-state index in [4.69, 9.17) is 4.74 Å². The number of carbonyl (C=O) groups excluding carboxylic acids is 1. The molecular weight excluding hydrogens is 228 g/mol. The molecule has 0 bridgehead atoms. The van der Waals surface area contributed by atoms with E-state index in [9.17, 15) is 4.79 Å². The number of rotatable bonds is 3. The molecule has 18 heavy (non-hydrogen) atoms.